The van der Waals surface area contributed by atoms with Gasteiger partial charge in [0.1, 0.15) is 5.52 Å². The second kappa shape index (κ2) is 7.79. The van der Waals surface area contributed by atoms with Crippen LogP contribution in [0.4, 0.5) is 11.6 Å². The average molecular weight is 452 g/mol. The lowest BCUT2D eigenvalue weighted by molar-refractivity contribution is 0.636. The summed E-state index contributed by atoms with van der Waals surface area (Å²) in [6.45, 7) is 4.26. The highest BCUT2D eigenvalue weighted by molar-refractivity contribution is 9.10. The van der Waals surface area contributed by atoms with E-state index in [0.29, 0.717) is 5.95 Å². The predicted molar refractivity (Wildman–Crippen MR) is 123 cm³/mol. The summed E-state index contributed by atoms with van der Waals surface area (Å²) in [5.41, 5.74) is 7.68. The van der Waals surface area contributed by atoms with Gasteiger partial charge in [-0.05, 0) is 49.7 Å². The van der Waals surface area contributed by atoms with Crippen molar-refractivity contribution in [1.82, 2.24) is 19.7 Å². The smallest absolute Gasteiger partial charge is 0.265 e. The minimum absolute atomic E-state index is 0.236. The van der Waals surface area contributed by atoms with Gasteiger partial charge in [0.05, 0.1) is 11.7 Å². The van der Waals surface area contributed by atoms with Gasteiger partial charge in [0, 0.05) is 35.7 Å². The van der Waals surface area contributed by atoms with E-state index in [1.165, 1.54) is 0 Å². The number of anilines is 2. The highest BCUT2D eigenvalue weighted by Gasteiger charge is 2.16. The fourth-order valence-electron chi connectivity index (χ4n) is 3.28. The molecular weight excluding hydrogens is 430 g/mol. The number of nitrogens with one attached hydrogen (secondary N) is 1. The normalized spacial score (nSPS) is 11.8. The summed E-state index contributed by atoms with van der Waals surface area (Å²) >= 11 is 3.54. The van der Waals surface area contributed by atoms with E-state index in [1.807, 2.05) is 44.4 Å². The highest BCUT2D eigenvalue weighted by atomic mass is 79.9. The van der Waals surface area contributed by atoms with Crippen LogP contribution in [0.2, 0.25) is 0 Å². The Hall–Kier alpha value is -3.00. The molecule has 7 nitrogen and oxygen atoms in total. The number of hydrogen-bond acceptors (Lipinski definition) is 6. The van der Waals surface area contributed by atoms with Gasteiger partial charge >= 0.3 is 0 Å². The Morgan fingerprint density at radius 2 is 1.86 bits per heavy atom. The van der Waals surface area contributed by atoms with Gasteiger partial charge in [0.2, 0.25) is 0 Å². The summed E-state index contributed by atoms with van der Waals surface area (Å²) in [6.07, 6.45) is 1.74. The molecule has 1 N–H and O–H groups in total. The molecule has 4 aromatic rings. The van der Waals surface area contributed by atoms with Gasteiger partial charge in [-0.2, -0.15) is 10.1 Å². The molecule has 4 rings (SSSR count). The van der Waals surface area contributed by atoms with E-state index in [9.17, 15) is 0 Å². The Morgan fingerprint density at radius 1 is 1.10 bits per heavy atom. The van der Waals surface area contributed by atoms with Gasteiger partial charge in [-0.3, -0.25) is 0 Å². The maximum Gasteiger partial charge on any atom is 0.265 e. The fourth-order valence-corrected chi connectivity index (χ4v) is 3.64. The van der Waals surface area contributed by atoms with Gasteiger partial charge in [-0.25, -0.2) is 5.43 Å². The van der Waals surface area contributed by atoms with E-state index >= 15 is 0 Å². The zero-order valence-corrected chi connectivity index (χ0v) is 18.3. The lowest BCUT2D eigenvalue weighted by Crippen LogP contribution is -2.08. The van der Waals surface area contributed by atoms with E-state index in [2.05, 4.69) is 77.1 Å². The maximum absolute atomic E-state index is 4.67. The summed E-state index contributed by atoms with van der Waals surface area (Å²) in [6, 6.07) is 14.5. The first-order chi connectivity index (χ1) is 13.9. The number of hydrogen-bond donors (Lipinski definition) is 1. The summed E-state index contributed by atoms with van der Waals surface area (Å²) in [4.78, 5) is 6.73. The number of halogens is 1. The van der Waals surface area contributed by atoms with Crippen molar-refractivity contribution in [3.63, 3.8) is 0 Å². The number of benzene rings is 2. The van der Waals surface area contributed by atoms with Crippen molar-refractivity contribution < 1.29 is 0 Å². The maximum atomic E-state index is 4.67. The largest absolute Gasteiger partial charge is 0.378 e. The van der Waals surface area contributed by atoms with Gasteiger partial charge < -0.3 is 9.47 Å². The molecule has 0 spiro atoms. The van der Waals surface area contributed by atoms with Crippen molar-refractivity contribution in [3.8, 4) is 0 Å². The average Bonchev–Trinajstić information content (AvgIpc) is 3.01. The van der Waals surface area contributed by atoms with E-state index in [0.717, 1.165) is 37.8 Å². The van der Waals surface area contributed by atoms with Gasteiger partial charge in [0.15, 0.2) is 5.65 Å². The molecule has 0 bridgehead atoms. The van der Waals surface area contributed by atoms with Crippen LogP contribution in [0.1, 0.15) is 25.5 Å². The molecule has 2 aromatic heterocycles. The lowest BCUT2D eigenvalue weighted by atomic mass is 10.2. The van der Waals surface area contributed by atoms with E-state index in [-0.39, 0.29) is 6.04 Å². The number of hydrazone groups is 1. The van der Waals surface area contributed by atoms with Crippen molar-refractivity contribution in [2.24, 2.45) is 5.10 Å². The van der Waals surface area contributed by atoms with Crippen LogP contribution >= 0.6 is 15.9 Å². The number of aromatic nitrogens is 4. The van der Waals surface area contributed by atoms with E-state index in [4.69, 9.17) is 0 Å². The molecule has 2 heterocycles. The van der Waals surface area contributed by atoms with Crippen LogP contribution < -0.4 is 10.3 Å². The first-order valence-corrected chi connectivity index (χ1v) is 10.1. The van der Waals surface area contributed by atoms with E-state index in [1.54, 1.807) is 6.21 Å². The van der Waals surface area contributed by atoms with Gasteiger partial charge in [-0.1, -0.05) is 28.1 Å². The van der Waals surface area contributed by atoms with Crippen molar-refractivity contribution in [3.05, 3.63) is 52.5 Å². The Bertz CT molecular complexity index is 1190. The number of fused-ring (bicyclic) bond motifs is 3. The van der Waals surface area contributed by atoms with Crippen molar-refractivity contribution in [2.45, 2.75) is 19.9 Å². The van der Waals surface area contributed by atoms with Crippen molar-refractivity contribution in [1.29, 1.82) is 0 Å². The second-order valence-electron chi connectivity index (χ2n) is 7.29. The molecule has 0 radical (unpaired) electrons. The Balaban J connectivity index is 1.65. The monoisotopic (exact) mass is 451 g/mol. The fraction of sp³-hybridized carbons (Fsp3) is 0.238. The standard InChI is InChI=1S/C21H22BrN7/c1-13(2)29-18-10-7-15(22)11-17(18)19-20(29)24-21(27-25-19)26-23-12-14-5-8-16(9-6-14)28(3)4/h5-13H,1-4H3,(H,24,26,27)/b23-12+. The molecule has 0 aliphatic rings. The Labute approximate surface area is 177 Å². The molecule has 2 aromatic carbocycles. The zero-order valence-electron chi connectivity index (χ0n) is 16.8. The molecule has 148 valence electrons. The topological polar surface area (TPSA) is 71.2 Å². The first-order valence-electron chi connectivity index (χ1n) is 9.34. The summed E-state index contributed by atoms with van der Waals surface area (Å²) in [5, 5.41) is 13.9. The quantitative estimate of drug-likeness (QED) is 0.347. The minimum Gasteiger partial charge on any atom is -0.378 e. The second-order valence-corrected chi connectivity index (χ2v) is 8.20. The molecule has 0 saturated heterocycles. The SMILES string of the molecule is CC(C)n1c2ccc(Br)cc2c2nnc(N/N=C/c3ccc(N(C)C)cc3)nc21. The van der Waals surface area contributed by atoms with Crippen LogP contribution in [0.5, 0.6) is 0 Å². The van der Waals surface area contributed by atoms with Gasteiger partial charge in [0.25, 0.3) is 5.95 Å². The van der Waals surface area contributed by atoms with Crippen LogP contribution in [-0.4, -0.2) is 40.1 Å². The van der Waals surface area contributed by atoms with Crippen LogP contribution in [0.25, 0.3) is 22.1 Å². The van der Waals surface area contributed by atoms with E-state index < -0.39 is 0 Å². The molecule has 0 aliphatic carbocycles. The van der Waals surface area contributed by atoms with Gasteiger partial charge in [-0.15, -0.1) is 10.2 Å². The molecule has 0 unspecified atom stereocenters. The molecular formula is C21H22BrN7. The Morgan fingerprint density at radius 3 is 2.55 bits per heavy atom. The molecule has 8 heteroatoms. The molecule has 0 atom stereocenters. The molecule has 0 saturated carbocycles. The zero-order chi connectivity index (χ0) is 20.5. The van der Waals surface area contributed by atoms with Crippen LogP contribution in [0.15, 0.2) is 52.0 Å². The van der Waals surface area contributed by atoms with Crippen LogP contribution in [0, 0.1) is 0 Å². The summed E-state index contributed by atoms with van der Waals surface area (Å²) in [7, 11) is 4.03. The third kappa shape index (κ3) is 3.80. The van der Waals surface area contributed by atoms with Crippen LogP contribution in [0.3, 0.4) is 0 Å². The minimum atomic E-state index is 0.236. The lowest BCUT2D eigenvalue weighted by Gasteiger charge is -2.11. The predicted octanol–water partition coefficient (Wildman–Crippen LogP) is 4.83. The molecule has 0 amide bonds. The van der Waals surface area contributed by atoms with Crippen molar-refractivity contribution in [2.75, 3.05) is 24.4 Å². The summed E-state index contributed by atoms with van der Waals surface area (Å²) < 4.78 is 3.17. The Kier molecular flexibility index (Phi) is 5.19. The molecule has 29 heavy (non-hydrogen) atoms. The van der Waals surface area contributed by atoms with Crippen LogP contribution in [-0.2, 0) is 0 Å². The third-order valence-electron chi connectivity index (χ3n) is 4.67. The molecule has 0 fully saturated rings. The number of nitrogens with zero attached hydrogens (tertiary/aromatic N) is 6. The highest BCUT2D eigenvalue weighted by Crippen LogP contribution is 2.31. The molecule has 0 aliphatic heterocycles. The summed E-state index contributed by atoms with van der Waals surface area (Å²) in [5.74, 6) is 0.363. The third-order valence-corrected chi connectivity index (χ3v) is 5.17. The first kappa shape index (κ1) is 19.3. The van der Waals surface area contributed by atoms with Crippen molar-refractivity contribution >= 4 is 55.8 Å². The number of rotatable bonds is 5.